The number of pyridine rings is 1. The number of aromatic nitrogens is 3. The lowest BCUT2D eigenvalue weighted by Crippen LogP contribution is -2.47. The number of fused-ring (bicyclic) bond motifs is 1. The third-order valence-electron chi connectivity index (χ3n) is 7.22. The van der Waals surface area contributed by atoms with Crippen LogP contribution in [0.3, 0.4) is 0 Å². The zero-order valence-electron chi connectivity index (χ0n) is 21.8. The second-order valence-corrected chi connectivity index (χ2v) is 10.4. The molecular weight excluding hydrogens is 558 g/mol. The summed E-state index contributed by atoms with van der Waals surface area (Å²) in [5, 5.41) is 26.3. The first-order valence-electron chi connectivity index (χ1n) is 12.6. The summed E-state index contributed by atoms with van der Waals surface area (Å²) < 4.78 is 24.2. The number of aliphatic hydroxyl groups is 2. The summed E-state index contributed by atoms with van der Waals surface area (Å²) in [5.41, 5.74) is -1.62. The maximum atomic E-state index is 16.5. The Morgan fingerprint density at radius 2 is 1.85 bits per heavy atom. The number of rotatable bonds is 9. The number of ether oxygens (including phenoxy) is 1. The highest BCUT2D eigenvalue weighted by Gasteiger charge is 2.54. The van der Waals surface area contributed by atoms with E-state index >= 15 is 4.39 Å². The predicted octanol–water partition coefficient (Wildman–Crippen LogP) is 4.77. The van der Waals surface area contributed by atoms with Gasteiger partial charge in [-0.3, -0.25) is 14.4 Å². The lowest BCUT2D eigenvalue weighted by atomic mass is 9.83. The molecule has 0 spiro atoms. The van der Waals surface area contributed by atoms with Gasteiger partial charge in [-0.1, -0.05) is 48.3 Å². The van der Waals surface area contributed by atoms with Crippen molar-refractivity contribution in [2.24, 2.45) is 7.05 Å². The number of carbonyl (C=O) groups is 1. The Balaban J connectivity index is 1.75. The van der Waals surface area contributed by atoms with Crippen molar-refractivity contribution in [2.45, 2.75) is 31.2 Å². The van der Waals surface area contributed by atoms with Crippen molar-refractivity contribution in [3.05, 3.63) is 116 Å². The lowest BCUT2D eigenvalue weighted by Gasteiger charge is -2.39. The SMILES string of the molecule is CCC(O)(c1cc(F)c2c(c1)C(=O)N(Cc1ccc(Cl)nc1)[C@@]2(OCCO)c1ccc(Cl)cc1)c1cnn(C)c1. The summed E-state index contributed by atoms with van der Waals surface area (Å²) in [6, 6.07) is 12.6. The molecule has 0 radical (unpaired) electrons. The smallest absolute Gasteiger partial charge is 0.257 e. The first kappa shape index (κ1) is 28.2. The molecule has 0 saturated heterocycles. The van der Waals surface area contributed by atoms with Gasteiger partial charge in [-0.05, 0) is 47.9 Å². The maximum absolute atomic E-state index is 16.5. The Morgan fingerprint density at radius 3 is 2.45 bits per heavy atom. The van der Waals surface area contributed by atoms with E-state index in [0.29, 0.717) is 21.7 Å². The van der Waals surface area contributed by atoms with E-state index < -0.39 is 23.1 Å². The van der Waals surface area contributed by atoms with Crippen LogP contribution in [0.25, 0.3) is 0 Å². The second kappa shape index (κ2) is 10.9. The number of aliphatic hydroxyl groups excluding tert-OH is 1. The van der Waals surface area contributed by atoms with Gasteiger partial charge in [0.25, 0.3) is 5.91 Å². The molecule has 0 saturated carbocycles. The van der Waals surface area contributed by atoms with Crippen molar-refractivity contribution in [1.82, 2.24) is 19.7 Å². The molecule has 2 aromatic heterocycles. The van der Waals surface area contributed by atoms with E-state index in [9.17, 15) is 15.0 Å². The largest absolute Gasteiger partial charge is 0.394 e. The zero-order valence-corrected chi connectivity index (χ0v) is 23.3. The number of halogens is 3. The monoisotopic (exact) mass is 584 g/mol. The van der Waals surface area contributed by atoms with Crippen molar-refractivity contribution in [1.29, 1.82) is 0 Å². The van der Waals surface area contributed by atoms with Crippen LogP contribution in [-0.2, 0) is 29.7 Å². The summed E-state index contributed by atoms with van der Waals surface area (Å²) in [7, 11) is 1.72. The normalized spacial score (nSPS) is 18.2. The maximum Gasteiger partial charge on any atom is 0.257 e. The van der Waals surface area contributed by atoms with Crippen LogP contribution in [0.5, 0.6) is 0 Å². The fourth-order valence-electron chi connectivity index (χ4n) is 5.26. The summed E-state index contributed by atoms with van der Waals surface area (Å²) >= 11 is 12.1. The molecule has 2 N–H and O–H groups in total. The highest BCUT2D eigenvalue weighted by molar-refractivity contribution is 6.30. The van der Waals surface area contributed by atoms with Crippen molar-refractivity contribution in [3.63, 3.8) is 0 Å². The Labute approximate surface area is 240 Å². The zero-order chi connectivity index (χ0) is 28.7. The molecule has 1 amide bonds. The van der Waals surface area contributed by atoms with Gasteiger partial charge in [0.05, 0.1) is 37.1 Å². The van der Waals surface area contributed by atoms with Crippen LogP contribution in [0, 0.1) is 5.82 Å². The Morgan fingerprint density at radius 1 is 1.10 bits per heavy atom. The van der Waals surface area contributed by atoms with Gasteiger partial charge in [-0.25, -0.2) is 9.37 Å². The highest BCUT2D eigenvalue weighted by atomic mass is 35.5. The summed E-state index contributed by atoms with van der Waals surface area (Å²) in [4.78, 5) is 19.7. The third kappa shape index (κ3) is 4.67. The fraction of sp³-hybridized carbons (Fsp3) is 0.276. The van der Waals surface area contributed by atoms with Crippen molar-refractivity contribution >= 4 is 29.1 Å². The topological polar surface area (TPSA) is 101 Å². The number of aryl methyl sites for hydroxylation is 1. The minimum atomic E-state index is -1.75. The molecule has 4 aromatic rings. The van der Waals surface area contributed by atoms with Crippen LogP contribution in [0.15, 0.2) is 67.1 Å². The summed E-state index contributed by atoms with van der Waals surface area (Å²) in [6.07, 6.45) is 4.89. The van der Waals surface area contributed by atoms with Gasteiger partial charge >= 0.3 is 0 Å². The summed E-state index contributed by atoms with van der Waals surface area (Å²) in [6.45, 7) is 1.19. The number of benzene rings is 2. The molecule has 1 aliphatic heterocycles. The molecule has 2 atom stereocenters. The molecule has 3 heterocycles. The van der Waals surface area contributed by atoms with Crippen LogP contribution in [-0.4, -0.2) is 49.0 Å². The molecule has 40 heavy (non-hydrogen) atoms. The Bertz CT molecular complexity index is 1550. The quantitative estimate of drug-likeness (QED) is 0.275. The van der Waals surface area contributed by atoms with E-state index in [-0.39, 0.29) is 48.0 Å². The minimum Gasteiger partial charge on any atom is -0.394 e. The molecule has 1 aliphatic rings. The summed E-state index contributed by atoms with van der Waals surface area (Å²) in [5.74, 6) is -1.27. The van der Waals surface area contributed by atoms with Gasteiger partial charge in [-0.2, -0.15) is 5.10 Å². The molecule has 2 aromatic carbocycles. The number of carbonyl (C=O) groups excluding carboxylic acids is 1. The van der Waals surface area contributed by atoms with E-state index in [0.717, 1.165) is 0 Å². The molecule has 0 aliphatic carbocycles. The standard InChI is InChI=1S/C29H27Cl2FN4O4/c1-3-28(39,21-15-34-35(2)17-21)20-12-23-26(24(32)13-20)29(40-11-10-37,19-5-7-22(30)8-6-19)36(27(23)38)16-18-4-9-25(31)33-14-18/h4-9,12-15,17,37,39H,3,10-11,16H2,1-2H3/t28?,29-/m1/s1. The fourth-order valence-corrected chi connectivity index (χ4v) is 5.50. The van der Waals surface area contributed by atoms with E-state index in [1.807, 2.05) is 0 Å². The lowest BCUT2D eigenvalue weighted by molar-refractivity contribution is -0.120. The van der Waals surface area contributed by atoms with Crippen LogP contribution >= 0.6 is 23.2 Å². The van der Waals surface area contributed by atoms with Crippen molar-refractivity contribution < 1.29 is 24.1 Å². The van der Waals surface area contributed by atoms with Crippen LogP contribution in [0.4, 0.5) is 4.39 Å². The van der Waals surface area contributed by atoms with E-state index in [4.69, 9.17) is 27.9 Å². The van der Waals surface area contributed by atoms with Gasteiger partial charge in [-0.15, -0.1) is 0 Å². The molecule has 0 bridgehead atoms. The van der Waals surface area contributed by atoms with Crippen molar-refractivity contribution in [2.75, 3.05) is 13.2 Å². The van der Waals surface area contributed by atoms with E-state index in [1.165, 1.54) is 29.4 Å². The second-order valence-electron chi connectivity index (χ2n) is 9.60. The first-order valence-corrected chi connectivity index (χ1v) is 13.4. The molecule has 8 nitrogen and oxygen atoms in total. The average molecular weight is 585 g/mol. The van der Waals surface area contributed by atoms with E-state index in [1.54, 1.807) is 61.2 Å². The first-order chi connectivity index (χ1) is 19.1. The molecule has 5 rings (SSSR count). The van der Waals surface area contributed by atoms with Gasteiger partial charge in [0.2, 0.25) is 0 Å². The molecule has 1 unspecified atom stereocenters. The minimum absolute atomic E-state index is 0.0127. The molecule has 0 fully saturated rings. The van der Waals surface area contributed by atoms with E-state index in [2.05, 4.69) is 10.1 Å². The van der Waals surface area contributed by atoms with Gasteiger partial charge in [0.15, 0.2) is 5.72 Å². The highest BCUT2D eigenvalue weighted by Crippen LogP contribution is 2.49. The molecule has 11 heteroatoms. The number of nitrogens with zero attached hydrogens (tertiary/aromatic N) is 4. The Hall–Kier alpha value is -3.34. The number of hydrogen-bond donors (Lipinski definition) is 2. The van der Waals surface area contributed by atoms with Crippen molar-refractivity contribution in [3.8, 4) is 0 Å². The molecular formula is C29H27Cl2FN4O4. The molecule has 208 valence electrons. The van der Waals surface area contributed by atoms with Crippen LogP contribution in [0.2, 0.25) is 10.2 Å². The average Bonchev–Trinajstić information content (AvgIpc) is 3.49. The van der Waals surface area contributed by atoms with Gasteiger partial charge < -0.3 is 14.9 Å². The predicted molar refractivity (Wildman–Crippen MR) is 147 cm³/mol. The Kier molecular flexibility index (Phi) is 7.69. The van der Waals surface area contributed by atoms with Gasteiger partial charge in [0.1, 0.15) is 16.6 Å². The number of amides is 1. The van der Waals surface area contributed by atoms with Crippen LogP contribution < -0.4 is 0 Å². The van der Waals surface area contributed by atoms with Gasteiger partial charge in [0, 0.05) is 35.6 Å². The third-order valence-corrected chi connectivity index (χ3v) is 7.70. The number of hydrogen-bond acceptors (Lipinski definition) is 6. The van der Waals surface area contributed by atoms with Crippen LogP contribution in [0.1, 0.15) is 51.5 Å².